The molecule has 3 aromatic heterocycles. The molecule has 0 saturated carbocycles. The highest BCUT2D eigenvalue weighted by atomic mass is 15.3. The Bertz CT molecular complexity index is 882. The number of nitrogens with zero attached hydrogens (tertiary/aromatic N) is 4. The second-order valence-corrected chi connectivity index (χ2v) is 4.74. The van der Waals surface area contributed by atoms with E-state index in [4.69, 9.17) is 5.10 Å². The van der Waals surface area contributed by atoms with Crippen molar-refractivity contribution in [3.63, 3.8) is 0 Å². The van der Waals surface area contributed by atoms with E-state index in [0.29, 0.717) is 0 Å². The molecule has 0 amide bonds. The standard InChI is InChI=1S/C17H12N4/c1-2-5-13(6-3-1)16-12-19-17-9-8-15(20-21(16)17)14-7-4-10-18-11-14/h1-12H. The molecule has 4 heteroatoms. The van der Waals surface area contributed by atoms with E-state index < -0.39 is 0 Å². The third-order valence-electron chi connectivity index (χ3n) is 3.39. The molecule has 0 saturated heterocycles. The molecular weight excluding hydrogens is 260 g/mol. The normalized spacial score (nSPS) is 10.9. The third-order valence-corrected chi connectivity index (χ3v) is 3.39. The Labute approximate surface area is 121 Å². The molecule has 4 rings (SSSR count). The summed E-state index contributed by atoms with van der Waals surface area (Å²) in [5, 5.41) is 4.70. The first-order chi connectivity index (χ1) is 10.4. The average molecular weight is 272 g/mol. The van der Waals surface area contributed by atoms with E-state index in [1.807, 2.05) is 59.4 Å². The topological polar surface area (TPSA) is 43.1 Å². The number of pyridine rings is 1. The zero-order valence-electron chi connectivity index (χ0n) is 11.2. The van der Waals surface area contributed by atoms with Crippen LogP contribution >= 0.6 is 0 Å². The van der Waals surface area contributed by atoms with Crippen LogP contribution in [0, 0.1) is 0 Å². The summed E-state index contributed by atoms with van der Waals surface area (Å²) in [6.45, 7) is 0. The van der Waals surface area contributed by atoms with Crippen molar-refractivity contribution in [1.29, 1.82) is 0 Å². The Kier molecular flexibility index (Phi) is 2.71. The molecule has 0 aliphatic heterocycles. The van der Waals surface area contributed by atoms with Crippen molar-refractivity contribution < 1.29 is 0 Å². The first kappa shape index (κ1) is 11.8. The third kappa shape index (κ3) is 2.07. The van der Waals surface area contributed by atoms with Crippen LogP contribution in [0.1, 0.15) is 0 Å². The van der Waals surface area contributed by atoms with Gasteiger partial charge >= 0.3 is 0 Å². The number of rotatable bonds is 2. The Balaban J connectivity index is 1.91. The Morgan fingerprint density at radius 2 is 1.62 bits per heavy atom. The van der Waals surface area contributed by atoms with Crippen molar-refractivity contribution in [3.8, 4) is 22.5 Å². The van der Waals surface area contributed by atoms with Crippen molar-refractivity contribution in [2.45, 2.75) is 0 Å². The number of hydrogen-bond donors (Lipinski definition) is 0. The van der Waals surface area contributed by atoms with E-state index in [0.717, 1.165) is 28.2 Å². The van der Waals surface area contributed by atoms with Crippen LogP contribution in [0.4, 0.5) is 0 Å². The molecule has 4 aromatic rings. The molecule has 4 nitrogen and oxygen atoms in total. The van der Waals surface area contributed by atoms with Crippen LogP contribution in [0.3, 0.4) is 0 Å². The van der Waals surface area contributed by atoms with Crippen molar-refractivity contribution >= 4 is 5.65 Å². The number of imidazole rings is 1. The van der Waals surface area contributed by atoms with Crippen molar-refractivity contribution in [2.75, 3.05) is 0 Å². The first-order valence-corrected chi connectivity index (χ1v) is 6.72. The van der Waals surface area contributed by atoms with Gasteiger partial charge in [-0.15, -0.1) is 0 Å². The van der Waals surface area contributed by atoms with Crippen molar-refractivity contribution in [3.05, 3.63) is 73.2 Å². The lowest BCUT2D eigenvalue weighted by Gasteiger charge is -2.04. The van der Waals surface area contributed by atoms with Crippen LogP contribution in [0.15, 0.2) is 73.2 Å². The summed E-state index contributed by atoms with van der Waals surface area (Å²) in [5.74, 6) is 0. The van der Waals surface area contributed by atoms with E-state index >= 15 is 0 Å². The molecule has 100 valence electrons. The minimum absolute atomic E-state index is 0.835. The summed E-state index contributed by atoms with van der Waals surface area (Å²) in [6, 6.07) is 18.0. The van der Waals surface area contributed by atoms with Gasteiger partial charge in [-0.3, -0.25) is 4.98 Å². The lowest BCUT2D eigenvalue weighted by molar-refractivity contribution is 0.948. The summed E-state index contributed by atoms with van der Waals surface area (Å²) >= 11 is 0. The van der Waals surface area contributed by atoms with E-state index in [1.165, 1.54) is 0 Å². The molecule has 1 aromatic carbocycles. The molecule has 0 unspecified atom stereocenters. The van der Waals surface area contributed by atoms with Gasteiger partial charge in [-0.1, -0.05) is 30.3 Å². The van der Waals surface area contributed by atoms with E-state index in [9.17, 15) is 0 Å². The molecular formula is C17H12N4. The van der Waals surface area contributed by atoms with Gasteiger partial charge in [0.05, 0.1) is 17.6 Å². The van der Waals surface area contributed by atoms with Gasteiger partial charge in [-0.25, -0.2) is 9.50 Å². The highest BCUT2D eigenvalue weighted by Gasteiger charge is 2.08. The van der Waals surface area contributed by atoms with Crippen molar-refractivity contribution in [1.82, 2.24) is 19.6 Å². The fourth-order valence-electron chi connectivity index (χ4n) is 2.35. The molecule has 0 aliphatic carbocycles. The highest BCUT2D eigenvalue weighted by Crippen LogP contribution is 2.22. The van der Waals surface area contributed by atoms with Gasteiger partial charge in [0.2, 0.25) is 0 Å². The van der Waals surface area contributed by atoms with Gasteiger partial charge in [0.1, 0.15) is 0 Å². The Hall–Kier alpha value is -3.01. The molecule has 0 atom stereocenters. The maximum Gasteiger partial charge on any atom is 0.154 e. The molecule has 0 fully saturated rings. The number of fused-ring (bicyclic) bond motifs is 1. The van der Waals surface area contributed by atoms with E-state index in [2.05, 4.69) is 22.1 Å². The fraction of sp³-hybridized carbons (Fsp3) is 0. The highest BCUT2D eigenvalue weighted by molar-refractivity contribution is 5.65. The SMILES string of the molecule is c1ccc(-c2cnc3ccc(-c4cccnc4)nn23)cc1. The average Bonchev–Trinajstić information content (AvgIpc) is 2.99. The number of aromatic nitrogens is 4. The van der Waals surface area contributed by atoms with Crippen LogP contribution in [0.25, 0.3) is 28.2 Å². The lowest BCUT2D eigenvalue weighted by Crippen LogP contribution is -1.96. The van der Waals surface area contributed by atoms with E-state index in [-0.39, 0.29) is 0 Å². The van der Waals surface area contributed by atoms with Gasteiger partial charge in [0.25, 0.3) is 0 Å². The smallest absolute Gasteiger partial charge is 0.154 e. The summed E-state index contributed by atoms with van der Waals surface area (Å²) in [4.78, 5) is 8.56. The largest absolute Gasteiger partial charge is 0.264 e. The van der Waals surface area contributed by atoms with Gasteiger partial charge in [0, 0.05) is 23.5 Å². The molecule has 3 heterocycles. The summed E-state index contributed by atoms with van der Waals surface area (Å²) in [7, 11) is 0. The monoisotopic (exact) mass is 272 g/mol. The predicted molar refractivity (Wildman–Crippen MR) is 81.7 cm³/mol. The zero-order valence-corrected chi connectivity index (χ0v) is 11.2. The quantitative estimate of drug-likeness (QED) is 0.561. The summed E-state index contributed by atoms with van der Waals surface area (Å²) in [5.41, 5.74) is 4.79. The second-order valence-electron chi connectivity index (χ2n) is 4.74. The number of benzene rings is 1. The molecule has 0 N–H and O–H groups in total. The van der Waals surface area contributed by atoms with Crippen LogP contribution in [0.5, 0.6) is 0 Å². The van der Waals surface area contributed by atoms with Crippen LogP contribution in [0.2, 0.25) is 0 Å². The molecule has 0 radical (unpaired) electrons. The van der Waals surface area contributed by atoms with Crippen molar-refractivity contribution in [2.24, 2.45) is 0 Å². The maximum absolute atomic E-state index is 4.70. The first-order valence-electron chi connectivity index (χ1n) is 6.72. The van der Waals surface area contributed by atoms with E-state index in [1.54, 1.807) is 6.20 Å². The van der Waals surface area contributed by atoms with Crippen LogP contribution in [-0.2, 0) is 0 Å². The number of hydrogen-bond acceptors (Lipinski definition) is 3. The Morgan fingerprint density at radius 1 is 0.762 bits per heavy atom. The minimum atomic E-state index is 0.835. The van der Waals surface area contributed by atoms with Crippen LogP contribution in [-0.4, -0.2) is 19.6 Å². The molecule has 21 heavy (non-hydrogen) atoms. The summed E-state index contributed by atoms with van der Waals surface area (Å²) in [6.07, 6.45) is 5.42. The zero-order chi connectivity index (χ0) is 14.1. The maximum atomic E-state index is 4.70. The second kappa shape index (κ2) is 4.83. The van der Waals surface area contributed by atoms with Gasteiger partial charge in [-0.05, 0) is 24.3 Å². The summed E-state index contributed by atoms with van der Waals surface area (Å²) < 4.78 is 1.87. The van der Waals surface area contributed by atoms with Gasteiger partial charge in [0.15, 0.2) is 5.65 Å². The fourth-order valence-corrected chi connectivity index (χ4v) is 2.35. The van der Waals surface area contributed by atoms with Crippen LogP contribution < -0.4 is 0 Å². The predicted octanol–water partition coefficient (Wildman–Crippen LogP) is 3.46. The molecule has 0 aliphatic rings. The Morgan fingerprint density at radius 3 is 2.43 bits per heavy atom. The van der Waals surface area contributed by atoms with Gasteiger partial charge in [-0.2, -0.15) is 5.10 Å². The van der Waals surface area contributed by atoms with Gasteiger partial charge < -0.3 is 0 Å². The lowest BCUT2D eigenvalue weighted by atomic mass is 10.2. The molecule has 0 spiro atoms. The molecule has 0 bridgehead atoms. The minimum Gasteiger partial charge on any atom is -0.264 e.